The molecule has 1 aromatic rings. The van der Waals surface area contributed by atoms with Crippen molar-refractivity contribution in [3.8, 4) is 0 Å². The van der Waals surface area contributed by atoms with E-state index in [1.807, 2.05) is 0 Å². The molecule has 1 saturated heterocycles. The molecule has 2 N–H and O–H groups in total. The van der Waals surface area contributed by atoms with Crippen LogP contribution in [0.1, 0.15) is 37.4 Å². The summed E-state index contributed by atoms with van der Waals surface area (Å²) in [6, 6.07) is 3.07. The Morgan fingerprint density at radius 3 is 2.21 bits per heavy atom. The molecular weight excluding hydrogens is 372 g/mol. The van der Waals surface area contributed by atoms with Crippen molar-refractivity contribution < 1.29 is 42.7 Å². The molecule has 0 aromatic carbocycles. The number of nitrogens with zero attached hydrogens (tertiary/aromatic N) is 1. The molecule has 1 fully saturated rings. The van der Waals surface area contributed by atoms with Gasteiger partial charge in [-0.2, -0.15) is 4.57 Å². The SMILES string of the molecule is CC(=O)OC[C@H]1O[C@@H]([n+]2cccc(C(N)=O)c2)[C@H](OC(C)=O)[C@@H]1OC(C)=O.[CH3-]. The third-order valence-electron chi connectivity index (χ3n) is 3.74. The minimum Gasteiger partial charge on any atom is -0.463 e. The van der Waals surface area contributed by atoms with Gasteiger partial charge in [0, 0.05) is 26.8 Å². The van der Waals surface area contributed by atoms with Gasteiger partial charge in [0.25, 0.3) is 5.91 Å². The highest BCUT2D eigenvalue weighted by molar-refractivity contribution is 5.92. The Morgan fingerprint density at radius 2 is 1.68 bits per heavy atom. The first-order valence-electron chi connectivity index (χ1n) is 8.13. The van der Waals surface area contributed by atoms with Crippen LogP contribution in [0.4, 0.5) is 0 Å². The smallest absolute Gasteiger partial charge is 0.304 e. The number of hydrogen-bond donors (Lipinski definition) is 1. The summed E-state index contributed by atoms with van der Waals surface area (Å²) in [5, 5.41) is 0. The van der Waals surface area contributed by atoms with Gasteiger partial charge in [0.1, 0.15) is 18.3 Å². The van der Waals surface area contributed by atoms with E-state index in [0.29, 0.717) is 0 Å². The zero-order chi connectivity index (χ0) is 20.1. The van der Waals surface area contributed by atoms with Crippen LogP contribution in [0.2, 0.25) is 0 Å². The summed E-state index contributed by atoms with van der Waals surface area (Å²) in [6.07, 6.45) is -0.856. The standard InChI is InChI=1S/C17H20N2O8.CH3/c1-9(20)24-8-13-14(25-10(2)21)15(26-11(3)22)17(27-13)19-6-4-5-12(7-19)16(18)23;/h4-7,13-15,17H,8H2,1-3H3,(H-,18,23);1H3/q;-1/p+1/t13-,14-,15-,17-;/m1./s1. The molecule has 0 radical (unpaired) electrons. The number of nitrogens with two attached hydrogens (primary N) is 1. The summed E-state index contributed by atoms with van der Waals surface area (Å²) >= 11 is 0. The highest BCUT2D eigenvalue weighted by atomic mass is 16.7. The maximum absolute atomic E-state index is 11.6. The summed E-state index contributed by atoms with van der Waals surface area (Å²) in [7, 11) is 0. The number of rotatable bonds is 6. The molecule has 1 amide bonds. The van der Waals surface area contributed by atoms with Crippen molar-refractivity contribution in [1.29, 1.82) is 0 Å². The van der Waals surface area contributed by atoms with E-state index in [-0.39, 0.29) is 19.6 Å². The van der Waals surface area contributed by atoms with Crippen LogP contribution in [0.5, 0.6) is 0 Å². The maximum atomic E-state index is 11.6. The number of esters is 3. The van der Waals surface area contributed by atoms with Crippen LogP contribution < -0.4 is 10.3 Å². The van der Waals surface area contributed by atoms with Gasteiger partial charge in [0.15, 0.2) is 18.5 Å². The molecule has 0 spiro atoms. The Hall–Kier alpha value is -3.01. The van der Waals surface area contributed by atoms with Crippen LogP contribution in [-0.2, 0) is 33.3 Å². The van der Waals surface area contributed by atoms with E-state index in [1.165, 1.54) is 37.6 Å². The van der Waals surface area contributed by atoms with E-state index in [4.69, 9.17) is 24.7 Å². The monoisotopic (exact) mass is 396 g/mol. The van der Waals surface area contributed by atoms with Crippen molar-refractivity contribution in [1.82, 2.24) is 0 Å². The normalized spacial score (nSPS) is 23.2. The quantitative estimate of drug-likeness (QED) is 0.303. The number of primary amides is 1. The molecule has 154 valence electrons. The number of carbonyl (C=O) groups excluding carboxylic acids is 4. The number of carbonyl (C=O) groups is 4. The summed E-state index contributed by atoms with van der Waals surface area (Å²) in [5.41, 5.74) is 5.50. The summed E-state index contributed by atoms with van der Waals surface area (Å²) in [5.74, 6) is -2.44. The van der Waals surface area contributed by atoms with Gasteiger partial charge >= 0.3 is 24.1 Å². The lowest BCUT2D eigenvalue weighted by molar-refractivity contribution is -0.765. The van der Waals surface area contributed by atoms with Crippen LogP contribution >= 0.6 is 0 Å². The van der Waals surface area contributed by atoms with Crippen molar-refractivity contribution in [2.24, 2.45) is 5.73 Å². The van der Waals surface area contributed by atoms with Crippen LogP contribution in [-0.4, -0.2) is 48.7 Å². The van der Waals surface area contributed by atoms with Gasteiger partial charge in [-0.05, 0) is 6.07 Å². The van der Waals surface area contributed by atoms with Gasteiger partial charge in [-0.15, -0.1) is 0 Å². The predicted octanol–water partition coefficient (Wildman–Crippen LogP) is -0.153. The van der Waals surface area contributed by atoms with Crippen molar-refractivity contribution in [2.75, 3.05) is 6.61 Å². The van der Waals surface area contributed by atoms with Crippen molar-refractivity contribution in [3.63, 3.8) is 0 Å². The molecule has 0 aliphatic carbocycles. The second-order valence-corrected chi connectivity index (χ2v) is 5.92. The lowest BCUT2D eigenvalue weighted by atomic mass is 10.1. The third-order valence-corrected chi connectivity index (χ3v) is 3.74. The van der Waals surface area contributed by atoms with E-state index in [0.717, 1.165) is 0 Å². The van der Waals surface area contributed by atoms with Gasteiger partial charge < -0.3 is 32.1 Å². The number of pyridine rings is 1. The second kappa shape index (κ2) is 9.79. The fourth-order valence-electron chi connectivity index (χ4n) is 2.73. The molecule has 10 nitrogen and oxygen atoms in total. The first-order chi connectivity index (χ1) is 12.7. The Kier molecular flexibility index (Phi) is 8.05. The Balaban J connectivity index is 0.00000392. The van der Waals surface area contributed by atoms with E-state index in [2.05, 4.69) is 0 Å². The zero-order valence-electron chi connectivity index (χ0n) is 16.1. The van der Waals surface area contributed by atoms with Gasteiger partial charge in [0.05, 0.1) is 0 Å². The molecule has 10 heteroatoms. The molecule has 4 atom stereocenters. The van der Waals surface area contributed by atoms with E-state index in [9.17, 15) is 19.2 Å². The fourth-order valence-corrected chi connectivity index (χ4v) is 2.73. The minimum absolute atomic E-state index is 0. The first-order valence-corrected chi connectivity index (χ1v) is 8.13. The van der Waals surface area contributed by atoms with Gasteiger partial charge in [-0.25, -0.2) is 0 Å². The van der Waals surface area contributed by atoms with Crippen molar-refractivity contribution >= 4 is 23.8 Å². The average Bonchev–Trinajstić information content (AvgIpc) is 2.89. The topological polar surface area (TPSA) is 135 Å². The molecule has 0 saturated carbocycles. The van der Waals surface area contributed by atoms with E-state index in [1.54, 1.807) is 12.3 Å². The van der Waals surface area contributed by atoms with Crippen LogP contribution in [0.25, 0.3) is 0 Å². The van der Waals surface area contributed by atoms with Crippen LogP contribution in [0, 0.1) is 7.43 Å². The number of ether oxygens (including phenoxy) is 4. The molecule has 2 heterocycles. The van der Waals surface area contributed by atoms with Gasteiger partial charge in [-0.1, -0.05) is 0 Å². The molecule has 1 aliphatic heterocycles. The minimum atomic E-state index is -1.03. The molecule has 28 heavy (non-hydrogen) atoms. The molecule has 2 rings (SSSR count). The number of aromatic nitrogens is 1. The molecular formula is C18H24N2O8. The van der Waals surface area contributed by atoms with Crippen LogP contribution in [0.15, 0.2) is 24.5 Å². The summed E-state index contributed by atoms with van der Waals surface area (Å²) in [6.45, 7) is 3.41. The highest BCUT2D eigenvalue weighted by Crippen LogP contribution is 2.31. The maximum Gasteiger partial charge on any atom is 0.304 e. The first kappa shape index (κ1) is 23.0. The molecule has 0 unspecified atom stereocenters. The zero-order valence-corrected chi connectivity index (χ0v) is 16.1. The number of amides is 1. The second-order valence-electron chi connectivity index (χ2n) is 5.92. The molecule has 1 aliphatic rings. The van der Waals surface area contributed by atoms with Crippen molar-refractivity contribution in [2.45, 2.75) is 45.3 Å². The summed E-state index contributed by atoms with van der Waals surface area (Å²) in [4.78, 5) is 45.6. The lowest BCUT2D eigenvalue weighted by Gasteiger charge is -2.21. The average molecular weight is 396 g/mol. The Morgan fingerprint density at radius 1 is 1.07 bits per heavy atom. The molecule has 1 aromatic heterocycles. The van der Waals surface area contributed by atoms with E-state index >= 15 is 0 Å². The highest BCUT2D eigenvalue weighted by Gasteiger charge is 2.54. The van der Waals surface area contributed by atoms with Gasteiger partial charge in [-0.3, -0.25) is 19.2 Å². The largest absolute Gasteiger partial charge is 0.463 e. The third kappa shape index (κ3) is 5.74. The van der Waals surface area contributed by atoms with Crippen molar-refractivity contribution in [3.05, 3.63) is 37.5 Å². The Labute approximate surface area is 162 Å². The van der Waals surface area contributed by atoms with E-state index < -0.39 is 48.4 Å². The predicted molar refractivity (Wildman–Crippen MR) is 93.2 cm³/mol. The fraction of sp³-hybridized carbons (Fsp3) is 0.444. The summed E-state index contributed by atoms with van der Waals surface area (Å²) < 4.78 is 22.8. The van der Waals surface area contributed by atoms with Gasteiger partial charge in [0.2, 0.25) is 6.10 Å². The molecule has 0 bridgehead atoms. The Bertz CT molecular complexity index is 751. The number of hydrogen-bond acceptors (Lipinski definition) is 8. The van der Waals surface area contributed by atoms with Crippen LogP contribution in [0.3, 0.4) is 0 Å². The lowest BCUT2D eigenvalue weighted by Crippen LogP contribution is -2.48.